The number of allylic oxidation sites excluding steroid dienone is 2. The van der Waals surface area contributed by atoms with Crippen molar-refractivity contribution in [2.24, 2.45) is 11.8 Å². The molecule has 0 saturated carbocycles. The number of benzene rings is 1. The summed E-state index contributed by atoms with van der Waals surface area (Å²) in [5.41, 5.74) is 1.85. The number of aromatic nitrogens is 1. The molecule has 3 fully saturated rings. The largest absolute Gasteiger partial charge is 0.497 e. The van der Waals surface area contributed by atoms with Gasteiger partial charge in [0.1, 0.15) is 5.75 Å². The number of ether oxygens (including phenoxy) is 1. The molecule has 3 saturated heterocycles. The van der Waals surface area contributed by atoms with Gasteiger partial charge < -0.3 is 14.9 Å². The number of carboxylic acids is 1. The Balaban J connectivity index is 0.000000243. The van der Waals surface area contributed by atoms with E-state index < -0.39 is 12.1 Å². The smallest absolute Gasteiger partial charge is 0.303 e. The molecule has 0 spiro atoms. The van der Waals surface area contributed by atoms with Crippen LogP contribution in [0.5, 0.6) is 5.75 Å². The number of unbranched alkanes of at least 4 members (excludes halogenated alkanes) is 9. The summed E-state index contributed by atoms with van der Waals surface area (Å²) in [6.45, 7) is 8.31. The summed E-state index contributed by atoms with van der Waals surface area (Å²) in [7, 11) is 1.66. The average molecular weight is 579 g/mol. The van der Waals surface area contributed by atoms with Crippen molar-refractivity contribution in [3.63, 3.8) is 0 Å². The van der Waals surface area contributed by atoms with Crippen LogP contribution in [0.25, 0.3) is 10.9 Å². The van der Waals surface area contributed by atoms with Gasteiger partial charge in [-0.3, -0.25) is 14.7 Å². The summed E-state index contributed by atoms with van der Waals surface area (Å²) in [6.07, 6.45) is 23.9. The molecule has 232 valence electrons. The fourth-order valence-corrected chi connectivity index (χ4v) is 6.44. The minimum atomic E-state index is -0.666. The Labute approximate surface area is 253 Å². The zero-order valence-corrected chi connectivity index (χ0v) is 26.1. The number of aliphatic hydroxyl groups is 1. The lowest BCUT2D eigenvalue weighted by atomic mass is 9.73. The number of aliphatic carboxylic acids is 1. The number of piperidine rings is 3. The molecular weight excluding hydrogens is 524 g/mol. The molecule has 0 aliphatic carbocycles. The van der Waals surface area contributed by atoms with Crippen LogP contribution in [0.3, 0.4) is 0 Å². The number of carbonyl (C=O) groups is 1. The van der Waals surface area contributed by atoms with E-state index in [-0.39, 0.29) is 6.04 Å². The number of nitrogens with zero attached hydrogens (tertiary/aromatic N) is 2. The first-order valence-corrected chi connectivity index (χ1v) is 16.3. The Morgan fingerprint density at radius 2 is 1.81 bits per heavy atom. The number of rotatable bonds is 17. The van der Waals surface area contributed by atoms with Crippen molar-refractivity contribution in [2.75, 3.05) is 20.2 Å². The molecule has 1 unspecified atom stereocenters. The number of aliphatic hydroxyl groups excluding tert-OH is 1. The summed E-state index contributed by atoms with van der Waals surface area (Å²) in [6, 6.07) is 7.96. The Bertz CT molecular complexity index is 1120. The molecule has 2 N–H and O–H groups in total. The first-order chi connectivity index (χ1) is 20.5. The third-order valence-electron chi connectivity index (χ3n) is 8.97. The topological polar surface area (TPSA) is 82.9 Å². The molecule has 0 amide bonds. The van der Waals surface area contributed by atoms with E-state index in [0.29, 0.717) is 18.3 Å². The number of hydrogen-bond donors (Lipinski definition) is 2. The maximum atomic E-state index is 11.2. The maximum absolute atomic E-state index is 11.2. The van der Waals surface area contributed by atoms with Gasteiger partial charge in [0, 0.05) is 30.6 Å². The highest BCUT2D eigenvalue weighted by Gasteiger charge is 2.42. The Morgan fingerprint density at radius 3 is 2.45 bits per heavy atom. The molecule has 3 aliphatic heterocycles. The molecule has 1 aromatic heterocycles. The van der Waals surface area contributed by atoms with Gasteiger partial charge in [-0.05, 0) is 93.2 Å². The second-order valence-electron chi connectivity index (χ2n) is 12.0. The highest BCUT2D eigenvalue weighted by Crippen LogP contribution is 2.42. The lowest BCUT2D eigenvalue weighted by Crippen LogP contribution is -2.54. The van der Waals surface area contributed by atoms with E-state index in [1.54, 1.807) is 13.3 Å². The second-order valence-corrected chi connectivity index (χ2v) is 12.0. The number of carboxylic acid groups (broad SMARTS) is 1. The second kappa shape index (κ2) is 18.8. The summed E-state index contributed by atoms with van der Waals surface area (Å²) in [4.78, 5) is 17.2. The Morgan fingerprint density at radius 1 is 1.10 bits per heavy atom. The van der Waals surface area contributed by atoms with E-state index in [0.717, 1.165) is 54.6 Å². The van der Waals surface area contributed by atoms with Gasteiger partial charge in [0.05, 0.1) is 18.7 Å². The van der Waals surface area contributed by atoms with Crippen molar-refractivity contribution < 1.29 is 19.7 Å². The molecule has 6 nitrogen and oxygen atoms in total. The predicted octanol–water partition coefficient (Wildman–Crippen LogP) is 8.50. The highest BCUT2D eigenvalue weighted by molar-refractivity contribution is 5.84. The third-order valence-corrected chi connectivity index (χ3v) is 8.97. The number of methoxy groups -OCH3 is 1. The van der Waals surface area contributed by atoms with Crippen LogP contribution < -0.4 is 4.74 Å². The van der Waals surface area contributed by atoms with Crippen LogP contribution >= 0.6 is 0 Å². The van der Waals surface area contributed by atoms with Gasteiger partial charge in [0.25, 0.3) is 0 Å². The maximum Gasteiger partial charge on any atom is 0.303 e. The lowest BCUT2D eigenvalue weighted by Gasteiger charge is -2.50. The normalized spacial score (nSPS) is 22.1. The molecule has 5 rings (SSSR count). The SMILES string of the molecule is C=C[C@H]1CN2CC[C@H]1C[C@H]2[C@H](O)c1ccnc2ccc(OC)cc12.CCCCCC/C=C\CCCCCCCC(=O)O. The van der Waals surface area contributed by atoms with Crippen LogP contribution in [0.4, 0.5) is 0 Å². The first kappa shape index (κ1) is 33.8. The average Bonchev–Trinajstić information content (AvgIpc) is 3.02. The lowest BCUT2D eigenvalue weighted by molar-refractivity contribution is -0.137. The zero-order chi connectivity index (χ0) is 30.2. The van der Waals surface area contributed by atoms with Crippen LogP contribution in [0.15, 0.2) is 55.3 Å². The van der Waals surface area contributed by atoms with Gasteiger partial charge in [-0.25, -0.2) is 0 Å². The molecule has 0 radical (unpaired) electrons. The number of pyridine rings is 1. The Hall–Kier alpha value is -2.70. The van der Waals surface area contributed by atoms with Gasteiger partial charge >= 0.3 is 5.97 Å². The van der Waals surface area contributed by atoms with Crippen LogP contribution in [0, 0.1) is 11.8 Å². The van der Waals surface area contributed by atoms with Crippen molar-refractivity contribution in [3.8, 4) is 5.75 Å². The van der Waals surface area contributed by atoms with Crippen molar-refractivity contribution >= 4 is 16.9 Å². The minimum absolute atomic E-state index is 0.178. The predicted molar refractivity (Wildman–Crippen MR) is 173 cm³/mol. The molecule has 3 aliphatic rings. The summed E-state index contributed by atoms with van der Waals surface area (Å²) >= 11 is 0. The summed E-state index contributed by atoms with van der Waals surface area (Å²) < 4.78 is 5.35. The van der Waals surface area contributed by atoms with E-state index in [4.69, 9.17) is 9.84 Å². The number of fused-ring (bicyclic) bond motifs is 4. The zero-order valence-electron chi connectivity index (χ0n) is 26.1. The van der Waals surface area contributed by atoms with E-state index in [1.807, 2.05) is 24.3 Å². The molecule has 4 heterocycles. The van der Waals surface area contributed by atoms with E-state index in [2.05, 4.69) is 41.6 Å². The third kappa shape index (κ3) is 10.5. The molecule has 2 aromatic rings. The van der Waals surface area contributed by atoms with Gasteiger partial charge in [-0.15, -0.1) is 6.58 Å². The van der Waals surface area contributed by atoms with Crippen LogP contribution in [0.1, 0.15) is 108 Å². The minimum Gasteiger partial charge on any atom is -0.497 e. The van der Waals surface area contributed by atoms with Crippen LogP contribution in [0.2, 0.25) is 0 Å². The quantitative estimate of drug-likeness (QED) is 0.145. The molecule has 1 aromatic carbocycles. The first-order valence-electron chi connectivity index (χ1n) is 16.3. The molecule has 42 heavy (non-hydrogen) atoms. The highest BCUT2D eigenvalue weighted by atomic mass is 16.5. The van der Waals surface area contributed by atoms with Gasteiger partial charge in [0.15, 0.2) is 0 Å². The molecule has 6 heteroatoms. The Kier molecular flexibility index (Phi) is 15.1. The van der Waals surface area contributed by atoms with Gasteiger partial charge in [-0.2, -0.15) is 0 Å². The standard InChI is InChI=1S/C20H24N2O2.C16H30O2/c1-3-13-12-22-9-7-14(13)10-19(22)20(23)16-6-8-21-18-5-4-15(24-2)11-17(16)18;1-2-3-4-5-6-7-8-9-10-11-12-13-14-15-16(17)18/h3-6,8,11,13-14,19-20,23H,1,7,9-10,12H2,2H3;7-8H,2-6,9-15H2,1H3,(H,17,18)/b;8-7-/t13-,14-,19-,20+;/m0./s1. The van der Waals surface area contributed by atoms with E-state index >= 15 is 0 Å². The summed E-state index contributed by atoms with van der Waals surface area (Å²) in [5.74, 6) is 1.34. The molecule has 2 bridgehead atoms. The fourth-order valence-electron chi connectivity index (χ4n) is 6.44. The number of hydrogen-bond acceptors (Lipinski definition) is 5. The van der Waals surface area contributed by atoms with Gasteiger partial charge in [0.2, 0.25) is 0 Å². The van der Waals surface area contributed by atoms with Crippen molar-refractivity contribution in [1.82, 2.24) is 9.88 Å². The van der Waals surface area contributed by atoms with Crippen LogP contribution in [-0.2, 0) is 4.79 Å². The van der Waals surface area contributed by atoms with E-state index in [9.17, 15) is 9.90 Å². The van der Waals surface area contributed by atoms with Crippen LogP contribution in [-0.4, -0.2) is 52.3 Å². The fraction of sp³-hybridized carbons (Fsp3) is 0.611. The van der Waals surface area contributed by atoms with Crippen molar-refractivity contribution in [2.45, 2.75) is 109 Å². The molecular formula is C36H54N2O4. The van der Waals surface area contributed by atoms with Gasteiger partial charge in [-0.1, -0.05) is 63.7 Å². The molecule has 5 atom stereocenters. The van der Waals surface area contributed by atoms with Crippen molar-refractivity contribution in [1.29, 1.82) is 0 Å². The summed E-state index contributed by atoms with van der Waals surface area (Å²) in [5, 5.41) is 20.6. The van der Waals surface area contributed by atoms with Crippen molar-refractivity contribution in [3.05, 3.63) is 60.8 Å². The monoisotopic (exact) mass is 578 g/mol. The van der Waals surface area contributed by atoms with E-state index in [1.165, 1.54) is 64.2 Å².